The lowest BCUT2D eigenvalue weighted by atomic mass is 9.43. The summed E-state index contributed by atoms with van der Waals surface area (Å²) in [6.07, 6.45) is -8.97. The van der Waals surface area contributed by atoms with E-state index in [0.29, 0.717) is 24.5 Å². The summed E-state index contributed by atoms with van der Waals surface area (Å²) >= 11 is 12.2. The van der Waals surface area contributed by atoms with Gasteiger partial charge in [0.15, 0.2) is 0 Å². The van der Waals surface area contributed by atoms with Crippen molar-refractivity contribution in [3.8, 4) is 0 Å². The Labute approximate surface area is 285 Å². The van der Waals surface area contributed by atoms with Crippen LogP contribution >= 0.6 is 23.2 Å². The number of carbonyl (C=O) groups excluding carboxylic acids is 2. The Morgan fingerprint density at radius 2 is 1.58 bits per heavy atom. The van der Waals surface area contributed by atoms with E-state index < -0.39 is 72.0 Å². The molecule has 6 rings (SSSR count). The predicted molar refractivity (Wildman–Crippen MR) is 169 cm³/mol. The van der Waals surface area contributed by atoms with Crippen molar-refractivity contribution >= 4 is 42.1 Å². The smallest absolute Gasteiger partial charge is 0.404 e. The minimum Gasteiger partial charge on any atom is -0.404 e. The SMILES string of the molecule is CC(C)C[C@H](NC(=O)[C@H](Cc1cc(C(F)(F)F)cc(C(F)(F)F)c1)NC(=O)c1cc(Cl)ccc1Cl)B1O[C@@H]2C[C@@H]3C[C@@H](C3(C)C)[C@]2(C)O1. The molecule has 0 spiro atoms. The first kappa shape index (κ1) is 36.8. The van der Waals surface area contributed by atoms with Gasteiger partial charge in [-0.2, -0.15) is 26.3 Å². The average Bonchev–Trinajstić information content (AvgIpc) is 3.33. The molecule has 2 aromatic rings. The first-order valence-electron chi connectivity index (χ1n) is 15.8. The second-order valence-corrected chi connectivity index (χ2v) is 15.2. The van der Waals surface area contributed by atoms with Crippen molar-refractivity contribution in [2.45, 2.75) is 96.3 Å². The minimum absolute atomic E-state index is 0.00206. The summed E-state index contributed by atoms with van der Waals surface area (Å²) in [5.41, 5.74) is -4.24. The van der Waals surface area contributed by atoms with Gasteiger partial charge in [0.1, 0.15) is 6.04 Å². The molecule has 2 N–H and O–H groups in total. The minimum atomic E-state index is -5.10. The van der Waals surface area contributed by atoms with E-state index in [1.54, 1.807) is 0 Å². The van der Waals surface area contributed by atoms with Gasteiger partial charge in [-0.15, -0.1) is 0 Å². The van der Waals surface area contributed by atoms with Crippen molar-refractivity contribution in [1.29, 1.82) is 0 Å². The number of carbonyl (C=O) groups is 2. The van der Waals surface area contributed by atoms with E-state index in [-0.39, 0.29) is 45.0 Å². The number of amides is 2. The molecule has 0 radical (unpaired) electrons. The van der Waals surface area contributed by atoms with E-state index >= 15 is 0 Å². The molecule has 4 fully saturated rings. The van der Waals surface area contributed by atoms with E-state index in [0.717, 1.165) is 12.8 Å². The highest BCUT2D eigenvalue weighted by Gasteiger charge is 2.68. The Kier molecular flexibility index (Phi) is 9.97. The summed E-state index contributed by atoms with van der Waals surface area (Å²) in [5, 5.41) is 5.42. The molecule has 1 saturated heterocycles. The summed E-state index contributed by atoms with van der Waals surface area (Å²) in [4.78, 5) is 27.4. The molecule has 15 heteroatoms. The Morgan fingerprint density at radius 1 is 0.958 bits per heavy atom. The first-order chi connectivity index (χ1) is 22.1. The maximum absolute atomic E-state index is 14.0. The largest absolute Gasteiger partial charge is 0.481 e. The molecule has 1 heterocycles. The Morgan fingerprint density at radius 3 is 2.15 bits per heavy atom. The van der Waals surface area contributed by atoms with E-state index in [1.807, 2.05) is 20.8 Å². The number of rotatable bonds is 9. The summed E-state index contributed by atoms with van der Waals surface area (Å²) < 4.78 is 95.0. The van der Waals surface area contributed by atoms with Crippen molar-refractivity contribution in [3.63, 3.8) is 0 Å². The zero-order chi connectivity index (χ0) is 35.6. The van der Waals surface area contributed by atoms with Gasteiger partial charge in [0, 0.05) is 11.4 Å². The van der Waals surface area contributed by atoms with Crippen LogP contribution in [0.3, 0.4) is 0 Å². The normalized spacial score (nSPS) is 26.0. The predicted octanol–water partition coefficient (Wildman–Crippen LogP) is 8.17. The summed E-state index contributed by atoms with van der Waals surface area (Å²) in [5.74, 6) is -1.78. The fraction of sp³-hybridized carbons (Fsp3) is 0.576. The van der Waals surface area contributed by atoms with Crippen LogP contribution in [0.4, 0.5) is 26.3 Å². The van der Waals surface area contributed by atoms with Crippen LogP contribution in [0.5, 0.6) is 0 Å². The van der Waals surface area contributed by atoms with Crippen molar-refractivity contribution in [2.24, 2.45) is 23.2 Å². The number of halogens is 8. The highest BCUT2D eigenvalue weighted by Crippen LogP contribution is 2.65. The summed E-state index contributed by atoms with van der Waals surface area (Å²) in [6, 6.07) is 3.43. The van der Waals surface area contributed by atoms with Crippen LogP contribution in [0.1, 0.15) is 80.9 Å². The molecular formula is C33H37BCl2F6N2O4. The van der Waals surface area contributed by atoms with Gasteiger partial charge in [-0.1, -0.05) is 50.9 Å². The van der Waals surface area contributed by atoms with Crippen molar-refractivity contribution in [2.75, 3.05) is 0 Å². The lowest BCUT2D eigenvalue weighted by molar-refractivity contribution is -0.199. The lowest BCUT2D eigenvalue weighted by Crippen LogP contribution is -2.65. The number of hydrogen-bond acceptors (Lipinski definition) is 4. The highest BCUT2D eigenvalue weighted by atomic mass is 35.5. The topological polar surface area (TPSA) is 76.7 Å². The Hall–Kier alpha value is -2.48. The van der Waals surface area contributed by atoms with Crippen LogP contribution in [-0.4, -0.2) is 42.6 Å². The number of alkyl halides is 6. The molecule has 4 aliphatic rings. The van der Waals surface area contributed by atoms with E-state index in [2.05, 4.69) is 24.5 Å². The maximum Gasteiger partial charge on any atom is 0.481 e. The molecule has 48 heavy (non-hydrogen) atoms. The lowest BCUT2D eigenvalue weighted by Gasteiger charge is -2.64. The molecule has 262 valence electrons. The molecule has 2 amide bonds. The molecule has 3 aliphatic carbocycles. The van der Waals surface area contributed by atoms with Gasteiger partial charge >= 0.3 is 19.5 Å². The number of benzene rings is 2. The van der Waals surface area contributed by atoms with E-state index in [1.165, 1.54) is 18.2 Å². The third kappa shape index (κ3) is 7.34. The van der Waals surface area contributed by atoms with Gasteiger partial charge in [0.05, 0.1) is 39.4 Å². The van der Waals surface area contributed by atoms with Crippen molar-refractivity contribution in [1.82, 2.24) is 10.6 Å². The second kappa shape index (κ2) is 13.0. The van der Waals surface area contributed by atoms with E-state index in [9.17, 15) is 35.9 Å². The second-order valence-electron chi connectivity index (χ2n) is 14.4. The van der Waals surface area contributed by atoms with Crippen LogP contribution in [0, 0.1) is 23.2 Å². The Bertz CT molecular complexity index is 1540. The maximum atomic E-state index is 14.0. The third-order valence-electron chi connectivity index (χ3n) is 10.2. The molecule has 3 saturated carbocycles. The molecule has 6 nitrogen and oxygen atoms in total. The third-order valence-corrected chi connectivity index (χ3v) is 10.8. The van der Waals surface area contributed by atoms with Gasteiger partial charge in [0.2, 0.25) is 5.91 Å². The standard InChI is InChI=1S/C33H37BCl2F6N2O4/c1-16(2)8-27(34-47-26-14-18-13-25(30(18,3)4)31(26,5)48-34)44-29(46)24(43-28(45)22-15-21(35)6-7-23(22)36)11-17-9-19(32(37,38)39)12-20(10-17)33(40,41)42/h6-7,9-10,12,15-16,18,24-27H,8,11,13-14H2,1-5H3,(H,43,45)(H,44,46)/t18-,24-,25-,26+,27-,31-/m0/s1. The molecule has 2 aromatic carbocycles. The molecule has 0 aromatic heterocycles. The van der Waals surface area contributed by atoms with E-state index in [4.69, 9.17) is 32.5 Å². The van der Waals surface area contributed by atoms with Crippen molar-refractivity contribution < 1.29 is 45.2 Å². The Balaban J connectivity index is 1.46. The first-order valence-corrected chi connectivity index (χ1v) is 16.5. The molecule has 0 unspecified atom stereocenters. The fourth-order valence-corrected chi connectivity index (χ4v) is 7.97. The van der Waals surface area contributed by atoms with Gasteiger partial charge in [-0.05, 0) is 91.3 Å². The molecular weight excluding hydrogens is 684 g/mol. The number of hydrogen-bond donors (Lipinski definition) is 2. The van der Waals surface area contributed by atoms with Crippen LogP contribution in [0.25, 0.3) is 0 Å². The van der Waals surface area contributed by atoms with Gasteiger partial charge in [-0.25, -0.2) is 0 Å². The summed E-state index contributed by atoms with van der Waals surface area (Å²) in [6.45, 7) is 10.3. The zero-order valence-electron chi connectivity index (χ0n) is 27.0. The molecule has 1 aliphatic heterocycles. The van der Waals surface area contributed by atoms with Crippen LogP contribution in [0.15, 0.2) is 36.4 Å². The van der Waals surface area contributed by atoms with Gasteiger partial charge in [0.25, 0.3) is 5.91 Å². The summed E-state index contributed by atoms with van der Waals surface area (Å²) in [7, 11) is -0.870. The highest BCUT2D eigenvalue weighted by molar-refractivity contribution is 6.48. The van der Waals surface area contributed by atoms with Gasteiger partial charge < -0.3 is 19.9 Å². The van der Waals surface area contributed by atoms with Crippen molar-refractivity contribution in [3.05, 3.63) is 68.7 Å². The monoisotopic (exact) mass is 720 g/mol. The zero-order valence-corrected chi connectivity index (χ0v) is 28.5. The van der Waals surface area contributed by atoms with Crippen LogP contribution in [0.2, 0.25) is 10.0 Å². The van der Waals surface area contributed by atoms with Crippen LogP contribution < -0.4 is 10.6 Å². The molecule has 2 bridgehead atoms. The molecule has 6 atom stereocenters. The van der Waals surface area contributed by atoms with Gasteiger partial charge in [-0.3, -0.25) is 9.59 Å². The quantitative estimate of drug-likeness (QED) is 0.203. The average molecular weight is 721 g/mol. The number of nitrogens with one attached hydrogen (secondary N) is 2. The van der Waals surface area contributed by atoms with Crippen LogP contribution in [-0.2, 0) is 32.9 Å². The fourth-order valence-electron chi connectivity index (χ4n) is 7.59.